The molecule has 0 aromatic heterocycles. The molecule has 6 aromatic rings. The van der Waals surface area contributed by atoms with E-state index in [-0.39, 0.29) is 5.91 Å². The van der Waals surface area contributed by atoms with E-state index in [0.717, 1.165) is 46.2 Å². The Morgan fingerprint density at radius 2 is 1.32 bits per heavy atom. The van der Waals surface area contributed by atoms with Gasteiger partial charge in [-0.25, -0.2) is 0 Å². The minimum Gasteiger partial charge on any atom is -0.486 e. The van der Waals surface area contributed by atoms with Crippen molar-refractivity contribution in [2.75, 3.05) is 4.90 Å². The average molecular weight is 524 g/mol. The number of hydrogen-bond donors (Lipinski definition) is 0. The summed E-state index contributed by atoms with van der Waals surface area (Å²) in [5, 5.41) is 6.87. The minimum absolute atomic E-state index is 0.110. The highest BCUT2D eigenvalue weighted by Gasteiger charge is 2.23. The highest BCUT2D eigenvalue weighted by atomic mass is 16.5. The van der Waals surface area contributed by atoms with Gasteiger partial charge < -0.3 is 9.64 Å². The maximum absolute atomic E-state index is 13.9. The highest BCUT2D eigenvalue weighted by Crippen LogP contribution is 2.39. The standard InChI is InChI=1S/C37H33NO2/c1-2-3-21-36(39)38(25-30-24-29-16-8-9-17-31(29)34-20-12-11-18-32(30)34)35-23-22-28-15-7-10-19-33(28)37(35)40-26-27-13-5-4-6-14-27/h4-20,22-24H,2-3,21,25-26H2,1H3. The fraction of sp³-hybridized carbons (Fsp3) is 0.162. The Balaban J connectivity index is 1.49. The lowest BCUT2D eigenvalue weighted by Gasteiger charge is -2.27. The average Bonchev–Trinajstić information content (AvgIpc) is 3.01. The Kier molecular flexibility index (Phi) is 7.45. The van der Waals surface area contributed by atoms with Crippen LogP contribution in [0, 0.1) is 0 Å². The van der Waals surface area contributed by atoms with Crippen LogP contribution in [-0.2, 0) is 17.9 Å². The lowest BCUT2D eigenvalue weighted by Crippen LogP contribution is -2.30. The zero-order chi connectivity index (χ0) is 27.3. The fourth-order valence-corrected chi connectivity index (χ4v) is 5.53. The molecule has 0 fully saturated rings. The molecule has 1 amide bonds. The maximum Gasteiger partial charge on any atom is 0.227 e. The maximum atomic E-state index is 13.9. The zero-order valence-corrected chi connectivity index (χ0v) is 22.8. The Morgan fingerprint density at radius 1 is 0.675 bits per heavy atom. The first-order valence-electron chi connectivity index (χ1n) is 14.1. The SMILES string of the molecule is CCCCC(=O)N(Cc1cc2ccccc2c2ccccc12)c1ccc2ccccc2c1OCc1ccccc1. The van der Waals surface area contributed by atoms with Crippen molar-refractivity contribution < 1.29 is 9.53 Å². The number of fused-ring (bicyclic) bond motifs is 4. The second-order valence-corrected chi connectivity index (χ2v) is 10.3. The number of nitrogens with zero attached hydrogens (tertiary/aromatic N) is 1. The molecule has 6 rings (SSSR count). The third-order valence-corrected chi connectivity index (χ3v) is 7.60. The van der Waals surface area contributed by atoms with E-state index in [1.54, 1.807) is 0 Å². The summed E-state index contributed by atoms with van der Waals surface area (Å²) in [6.45, 7) is 3.02. The van der Waals surface area contributed by atoms with Gasteiger partial charge in [0.15, 0.2) is 5.75 Å². The molecule has 3 nitrogen and oxygen atoms in total. The van der Waals surface area contributed by atoms with Crippen molar-refractivity contribution in [3.8, 4) is 5.75 Å². The number of carbonyl (C=O) groups is 1. The van der Waals surface area contributed by atoms with E-state index in [1.807, 2.05) is 35.2 Å². The summed E-state index contributed by atoms with van der Waals surface area (Å²) in [7, 11) is 0. The Labute approximate surface area is 235 Å². The van der Waals surface area contributed by atoms with Crippen LogP contribution in [0.5, 0.6) is 5.75 Å². The lowest BCUT2D eigenvalue weighted by molar-refractivity contribution is -0.118. The number of rotatable bonds is 9. The third-order valence-electron chi connectivity index (χ3n) is 7.60. The monoisotopic (exact) mass is 523 g/mol. The van der Waals surface area contributed by atoms with Crippen molar-refractivity contribution in [3.05, 3.63) is 132 Å². The molecule has 198 valence electrons. The molecule has 0 spiro atoms. The predicted octanol–water partition coefficient (Wildman–Crippen LogP) is 9.45. The van der Waals surface area contributed by atoms with Gasteiger partial charge in [0.1, 0.15) is 6.61 Å². The van der Waals surface area contributed by atoms with Gasteiger partial charge in [0.2, 0.25) is 5.91 Å². The normalized spacial score (nSPS) is 11.2. The molecule has 0 saturated carbocycles. The number of amides is 1. The molecular formula is C37H33NO2. The number of anilines is 1. The Hall–Kier alpha value is -4.63. The first kappa shape index (κ1) is 25.6. The topological polar surface area (TPSA) is 29.5 Å². The number of ether oxygens (including phenoxy) is 1. The van der Waals surface area contributed by atoms with Crippen LogP contribution in [0.15, 0.2) is 121 Å². The first-order valence-corrected chi connectivity index (χ1v) is 14.1. The summed E-state index contributed by atoms with van der Waals surface area (Å²) in [5.41, 5.74) is 3.03. The summed E-state index contributed by atoms with van der Waals surface area (Å²) >= 11 is 0. The Bertz CT molecular complexity index is 1790. The van der Waals surface area contributed by atoms with Gasteiger partial charge in [-0.15, -0.1) is 0 Å². The van der Waals surface area contributed by atoms with E-state index < -0.39 is 0 Å². The molecule has 0 saturated heterocycles. The summed E-state index contributed by atoms with van der Waals surface area (Å²) in [6, 6.07) is 41.8. The first-order chi connectivity index (χ1) is 19.7. The van der Waals surface area contributed by atoms with Crippen LogP contribution in [-0.4, -0.2) is 5.91 Å². The summed E-state index contributed by atoms with van der Waals surface area (Å²) in [5.74, 6) is 0.857. The van der Waals surface area contributed by atoms with Crippen LogP contribution in [0.3, 0.4) is 0 Å². The number of unbranched alkanes of at least 4 members (excludes halogenated alkanes) is 1. The van der Waals surface area contributed by atoms with Crippen molar-refractivity contribution in [1.82, 2.24) is 0 Å². The molecule has 0 aliphatic rings. The molecule has 0 atom stereocenters. The van der Waals surface area contributed by atoms with Crippen LogP contribution in [0.4, 0.5) is 5.69 Å². The van der Waals surface area contributed by atoms with Crippen molar-refractivity contribution in [2.24, 2.45) is 0 Å². The quantitative estimate of drug-likeness (QED) is 0.177. The van der Waals surface area contributed by atoms with Gasteiger partial charge in [-0.3, -0.25) is 4.79 Å². The second kappa shape index (κ2) is 11.6. The lowest BCUT2D eigenvalue weighted by atomic mass is 9.96. The van der Waals surface area contributed by atoms with Crippen LogP contribution in [0.1, 0.15) is 37.3 Å². The van der Waals surface area contributed by atoms with Crippen molar-refractivity contribution in [1.29, 1.82) is 0 Å². The predicted molar refractivity (Wildman–Crippen MR) is 167 cm³/mol. The van der Waals surface area contributed by atoms with Crippen LogP contribution >= 0.6 is 0 Å². The summed E-state index contributed by atoms with van der Waals surface area (Å²) in [6.07, 6.45) is 2.31. The Morgan fingerprint density at radius 3 is 2.10 bits per heavy atom. The van der Waals surface area contributed by atoms with E-state index >= 15 is 0 Å². The molecule has 0 aliphatic heterocycles. The zero-order valence-electron chi connectivity index (χ0n) is 22.8. The summed E-state index contributed by atoms with van der Waals surface area (Å²) < 4.78 is 6.57. The third kappa shape index (κ3) is 5.15. The molecule has 40 heavy (non-hydrogen) atoms. The van der Waals surface area contributed by atoms with E-state index in [0.29, 0.717) is 19.6 Å². The van der Waals surface area contributed by atoms with Crippen molar-refractivity contribution in [2.45, 2.75) is 39.3 Å². The molecule has 0 unspecified atom stereocenters. The van der Waals surface area contributed by atoms with E-state index in [1.165, 1.54) is 21.5 Å². The molecule has 0 aliphatic carbocycles. The van der Waals surface area contributed by atoms with Gasteiger partial charge in [-0.2, -0.15) is 0 Å². The van der Waals surface area contributed by atoms with Gasteiger partial charge in [-0.05, 0) is 56.6 Å². The number of carbonyl (C=O) groups excluding carboxylic acids is 1. The molecular weight excluding hydrogens is 490 g/mol. The van der Waals surface area contributed by atoms with Crippen molar-refractivity contribution >= 4 is 43.9 Å². The second-order valence-electron chi connectivity index (χ2n) is 10.3. The summed E-state index contributed by atoms with van der Waals surface area (Å²) in [4.78, 5) is 15.9. The van der Waals surface area contributed by atoms with Gasteiger partial charge in [-0.1, -0.05) is 123 Å². The van der Waals surface area contributed by atoms with E-state index in [4.69, 9.17) is 4.74 Å². The number of hydrogen-bond acceptors (Lipinski definition) is 2. The molecule has 6 aromatic carbocycles. The van der Waals surface area contributed by atoms with Gasteiger partial charge >= 0.3 is 0 Å². The van der Waals surface area contributed by atoms with Crippen molar-refractivity contribution in [3.63, 3.8) is 0 Å². The van der Waals surface area contributed by atoms with E-state index in [2.05, 4.69) is 97.9 Å². The molecule has 0 N–H and O–H groups in total. The largest absolute Gasteiger partial charge is 0.486 e. The van der Waals surface area contributed by atoms with Gasteiger partial charge in [0, 0.05) is 11.8 Å². The molecule has 0 heterocycles. The van der Waals surface area contributed by atoms with Crippen LogP contribution < -0.4 is 9.64 Å². The van der Waals surface area contributed by atoms with Crippen LogP contribution in [0.25, 0.3) is 32.3 Å². The van der Waals surface area contributed by atoms with E-state index in [9.17, 15) is 4.79 Å². The fourth-order valence-electron chi connectivity index (χ4n) is 5.53. The van der Waals surface area contributed by atoms with Crippen LogP contribution in [0.2, 0.25) is 0 Å². The molecule has 0 bridgehead atoms. The molecule has 0 radical (unpaired) electrons. The molecule has 3 heteroatoms. The van der Waals surface area contributed by atoms with Gasteiger partial charge in [0.25, 0.3) is 0 Å². The minimum atomic E-state index is 0.110. The smallest absolute Gasteiger partial charge is 0.227 e. The highest BCUT2D eigenvalue weighted by molar-refractivity contribution is 6.09. The van der Waals surface area contributed by atoms with Gasteiger partial charge in [0.05, 0.1) is 12.2 Å². The number of benzene rings is 6.